The molecule has 0 saturated heterocycles. The Labute approximate surface area is 172 Å². The fourth-order valence-corrected chi connectivity index (χ4v) is 3.58. The first-order valence-corrected chi connectivity index (χ1v) is 9.40. The minimum atomic E-state index is -0.406. The standard InChI is InChI=1S/C24H17F2N3O/c1-3-22-23(16-5-4-6-19(15-16)27-2)29(21-13-9-18(26)10-14-21)24(30)28(22)20-11-7-17(25)8-12-20/h4-15H,3H2,1H3. The number of halogens is 2. The van der Waals surface area contributed by atoms with Crippen molar-refractivity contribution in [1.29, 1.82) is 0 Å². The number of nitrogens with zero attached hydrogens (tertiary/aromatic N) is 3. The zero-order chi connectivity index (χ0) is 21.3. The number of hydrogen-bond donors (Lipinski definition) is 0. The predicted molar refractivity (Wildman–Crippen MR) is 112 cm³/mol. The average molecular weight is 401 g/mol. The van der Waals surface area contributed by atoms with Gasteiger partial charge in [0, 0.05) is 0 Å². The third kappa shape index (κ3) is 3.31. The van der Waals surface area contributed by atoms with E-state index in [1.165, 1.54) is 45.5 Å². The molecule has 1 aromatic heterocycles. The van der Waals surface area contributed by atoms with Gasteiger partial charge in [-0.05, 0) is 66.6 Å². The topological polar surface area (TPSA) is 31.3 Å². The molecule has 0 N–H and O–H groups in total. The summed E-state index contributed by atoms with van der Waals surface area (Å²) in [6.07, 6.45) is 0.512. The van der Waals surface area contributed by atoms with Crippen molar-refractivity contribution in [3.8, 4) is 22.6 Å². The first-order chi connectivity index (χ1) is 14.5. The van der Waals surface area contributed by atoms with E-state index in [0.29, 0.717) is 40.4 Å². The highest BCUT2D eigenvalue weighted by Crippen LogP contribution is 2.31. The van der Waals surface area contributed by atoms with Gasteiger partial charge in [0.15, 0.2) is 5.69 Å². The van der Waals surface area contributed by atoms with E-state index in [1.807, 2.05) is 13.0 Å². The van der Waals surface area contributed by atoms with Gasteiger partial charge in [0.25, 0.3) is 0 Å². The smallest absolute Gasteiger partial charge is 0.264 e. The lowest BCUT2D eigenvalue weighted by molar-refractivity contribution is 0.627. The van der Waals surface area contributed by atoms with Crippen molar-refractivity contribution in [2.45, 2.75) is 13.3 Å². The Balaban J connectivity index is 2.09. The highest BCUT2D eigenvalue weighted by Gasteiger charge is 2.22. The number of rotatable bonds is 4. The second-order valence-corrected chi connectivity index (χ2v) is 6.72. The Morgan fingerprint density at radius 1 is 0.867 bits per heavy atom. The molecule has 4 rings (SSSR count). The van der Waals surface area contributed by atoms with Crippen molar-refractivity contribution in [2.75, 3.05) is 0 Å². The molecule has 0 amide bonds. The summed E-state index contributed by atoms with van der Waals surface area (Å²) in [5.74, 6) is -0.801. The molecule has 0 saturated carbocycles. The molecule has 4 nitrogen and oxygen atoms in total. The van der Waals surface area contributed by atoms with Crippen LogP contribution in [0.25, 0.3) is 27.5 Å². The van der Waals surface area contributed by atoms with Crippen LogP contribution < -0.4 is 5.69 Å². The molecule has 3 aromatic carbocycles. The van der Waals surface area contributed by atoms with Gasteiger partial charge in [-0.25, -0.2) is 18.4 Å². The van der Waals surface area contributed by atoms with E-state index in [0.717, 1.165) is 0 Å². The first-order valence-electron chi connectivity index (χ1n) is 9.40. The van der Waals surface area contributed by atoms with E-state index >= 15 is 0 Å². The predicted octanol–water partition coefficient (Wildman–Crippen LogP) is 5.69. The second kappa shape index (κ2) is 7.80. The molecule has 0 aliphatic carbocycles. The first kappa shape index (κ1) is 19.3. The normalized spacial score (nSPS) is 10.7. The third-order valence-corrected chi connectivity index (χ3v) is 4.90. The summed E-state index contributed by atoms with van der Waals surface area (Å²) in [7, 11) is 0. The molecule has 0 fully saturated rings. The third-order valence-electron chi connectivity index (χ3n) is 4.90. The molecule has 0 aliphatic heterocycles. The van der Waals surface area contributed by atoms with Crippen LogP contribution in [0, 0.1) is 18.2 Å². The summed E-state index contributed by atoms with van der Waals surface area (Å²) in [6, 6.07) is 18.4. The van der Waals surface area contributed by atoms with Gasteiger partial charge in [-0.15, -0.1) is 0 Å². The maximum absolute atomic E-state index is 13.5. The monoisotopic (exact) mass is 401 g/mol. The van der Waals surface area contributed by atoms with E-state index in [-0.39, 0.29) is 5.69 Å². The maximum Gasteiger partial charge on any atom is 0.338 e. The molecular formula is C24H17F2N3O. The van der Waals surface area contributed by atoms with Crippen LogP contribution in [0.3, 0.4) is 0 Å². The van der Waals surface area contributed by atoms with Crippen LogP contribution >= 0.6 is 0 Å². The van der Waals surface area contributed by atoms with Crippen molar-refractivity contribution in [2.24, 2.45) is 0 Å². The van der Waals surface area contributed by atoms with E-state index in [4.69, 9.17) is 6.57 Å². The van der Waals surface area contributed by atoms with Crippen LogP contribution in [-0.4, -0.2) is 9.13 Å². The van der Waals surface area contributed by atoms with Gasteiger partial charge in [0.2, 0.25) is 0 Å². The summed E-state index contributed by atoms with van der Waals surface area (Å²) in [5.41, 5.74) is 3.14. The molecule has 0 bridgehead atoms. The fourth-order valence-electron chi connectivity index (χ4n) is 3.58. The van der Waals surface area contributed by atoms with E-state index in [9.17, 15) is 13.6 Å². The van der Waals surface area contributed by atoms with Gasteiger partial charge in [-0.3, -0.25) is 9.13 Å². The quantitative estimate of drug-likeness (QED) is 0.405. The van der Waals surface area contributed by atoms with Crippen LogP contribution in [-0.2, 0) is 6.42 Å². The minimum absolute atomic E-state index is 0.353. The maximum atomic E-state index is 13.5. The van der Waals surface area contributed by atoms with Crippen molar-refractivity contribution in [3.63, 3.8) is 0 Å². The van der Waals surface area contributed by atoms with Gasteiger partial charge in [0.05, 0.1) is 29.3 Å². The van der Waals surface area contributed by atoms with Crippen LogP contribution in [0.15, 0.2) is 77.6 Å². The highest BCUT2D eigenvalue weighted by molar-refractivity contribution is 5.70. The van der Waals surface area contributed by atoms with E-state index in [2.05, 4.69) is 4.85 Å². The molecule has 0 atom stereocenters. The Bertz CT molecular complexity index is 1310. The number of hydrogen-bond acceptors (Lipinski definition) is 1. The van der Waals surface area contributed by atoms with Gasteiger partial charge in [-0.2, -0.15) is 0 Å². The summed E-state index contributed by atoms with van der Waals surface area (Å²) in [6.45, 7) is 9.24. The molecule has 0 spiro atoms. The Morgan fingerprint density at radius 2 is 1.43 bits per heavy atom. The zero-order valence-electron chi connectivity index (χ0n) is 16.1. The van der Waals surface area contributed by atoms with Crippen LogP contribution in [0.2, 0.25) is 0 Å². The lowest BCUT2D eigenvalue weighted by Gasteiger charge is -2.10. The molecule has 0 aliphatic rings. The average Bonchev–Trinajstić information content (AvgIpc) is 3.07. The molecule has 6 heteroatoms. The molecular weight excluding hydrogens is 384 g/mol. The number of imidazole rings is 1. The lowest BCUT2D eigenvalue weighted by atomic mass is 10.1. The SMILES string of the molecule is [C-]#[N+]c1cccc(-c2c(CC)n(-c3ccc(F)cc3)c(=O)n2-c2ccc(F)cc2)c1. The molecule has 0 radical (unpaired) electrons. The van der Waals surface area contributed by atoms with Crippen molar-refractivity contribution in [1.82, 2.24) is 9.13 Å². The summed E-state index contributed by atoms with van der Waals surface area (Å²) in [4.78, 5) is 17.0. The van der Waals surface area contributed by atoms with Gasteiger partial charge in [-0.1, -0.05) is 25.1 Å². The van der Waals surface area contributed by atoms with Crippen LogP contribution in [0.4, 0.5) is 14.5 Å². The molecule has 30 heavy (non-hydrogen) atoms. The van der Waals surface area contributed by atoms with Gasteiger partial charge in [0.1, 0.15) is 11.6 Å². The Morgan fingerprint density at radius 3 is 1.97 bits per heavy atom. The Kier molecular flexibility index (Phi) is 5.03. The van der Waals surface area contributed by atoms with Crippen molar-refractivity contribution >= 4 is 5.69 Å². The minimum Gasteiger partial charge on any atom is -0.264 e. The number of benzene rings is 3. The van der Waals surface area contributed by atoms with Gasteiger partial charge < -0.3 is 0 Å². The van der Waals surface area contributed by atoms with E-state index in [1.54, 1.807) is 30.3 Å². The van der Waals surface area contributed by atoms with Crippen molar-refractivity contribution in [3.05, 3.63) is 112 Å². The number of aromatic nitrogens is 2. The lowest BCUT2D eigenvalue weighted by Crippen LogP contribution is -2.23. The highest BCUT2D eigenvalue weighted by atomic mass is 19.1. The van der Waals surface area contributed by atoms with Gasteiger partial charge >= 0.3 is 5.69 Å². The summed E-state index contributed by atoms with van der Waals surface area (Å²) < 4.78 is 30.0. The molecule has 4 aromatic rings. The summed E-state index contributed by atoms with van der Waals surface area (Å²) >= 11 is 0. The van der Waals surface area contributed by atoms with Crippen LogP contribution in [0.5, 0.6) is 0 Å². The fraction of sp³-hybridized carbons (Fsp3) is 0.0833. The largest absolute Gasteiger partial charge is 0.338 e. The van der Waals surface area contributed by atoms with E-state index < -0.39 is 11.6 Å². The second-order valence-electron chi connectivity index (χ2n) is 6.72. The Hall–Kier alpha value is -3.98. The van der Waals surface area contributed by atoms with Crippen LogP contribution in [0.1, 0.15) is 12.6 Å². The molecule has 148 valence electrons. The zero-order valence-corrected chi connectivity index (χ0v) is 16.1. The summed E-state index contributed by atoms with van der Waals surface area (Å²) in [5, 5.41) is 0. The molecule has 1 heterocycles. The van der Waals surface area contributed by atoms with Crippen molar-refractivity contribution < 1.29 is 8.78 Å². The molecule has 0 unspecified atom stereocenters.